The zero-order valence-corrected chi connectivity index (χ0v) is 9.00. The van der Waals surface area contributed by atoms with E-state index in [-0.39, 0.29) is 11.0 Å². The minimum atomic E-state index is 0.194. The second-order valence-electron chi connectivity index (χ2n) is 3.54. The number of ether oxygens (including phenoxy) is 1. The highest BCUT2D eigenvalue weighted by Crippen LogP contribution is 2.18. The molecule has 0 aliphatic carbocycles. The average Bonchev–Trinajstić information content (AvgIpc) is 2.73. The molecule has 0 spiro atoms. The lowest BCUT2D eigenvalue weighted by molar-refractivity contribution is -0.0286. The van der Waals surface area contributed by atoms with Crippen molar-refractivity contribution >= 4 is 17.4 Å². The zero-order chi connectivity index (χ0) is 11.1. The van der Waals surface area contributed by atoms with E-state index in [9.17, 15) is 0 Å². The Kier molecular flexibility index (Phi) is 2.08. The van der Waals surface area contributed by atoms with Crippen LogP contribution in [-0.4, -0.2) is 38.0 Å². The number of hydrogen-bond acceptors (Lipinski definition) is 5. The van der Waals surface area contributed by atoms with Crippen molar-refractivity contribution < 1.29 is 4.74 Å². The Morgan fingerprint density at radius 2 is 2.25 bits per heavy atom. The van der Waals surface area contributed by atoms with Crippen molar-refractivity contribution in [1.29, 1.82) is 0 Å². The first kappa shape index (κ1) is 9.61. The van der Waals surface area contributed by atoms with Crippen LogP contribution in [0.5, 0.6) is 0 Å². The molecule has 1 saturated heterocycles. The SMILES string of the molecule is Nc1nn(-c2cnn(C3COC3)c2)nc1Cl. The van der Waals surface area contributed by atoms with Crippen molar-refractivity contribution in [1.82, 2.24) is 24.8 Å². The monoisotopic (exact) mass is 240 g/mol. The van der Waals surface area contributed by atoms with Gasteiger partial charge in [-0.1, -0.05) is 11.6 Å². The van der Waals surface area contributed by atoms with Gasteiger partial charge in [0.2, 0.25) is 0 Å². The summed E-state index contributed by atoms with van der Waals surface area (Å²) in [5, 5.41) is 12.3. The molecule has 0 aromatic carbocycles. The molecule has 0 amide bonds. The predicted octanol–water partition coefficient (Wildman–Crippen LogP) is 0.271. The third-order valence-electron chi connectivity index (χ3n) is 2.41. The van der Waals surface area contributed by atoms with Crippen molar-refractivity contribution in [2.45, 2.75) is 6.04 Å². The standard InChI is InChI=1S/C8H9ClN6O/c9-7-8(10)13-15(12-7)5-1-11-14(2-5)6-3-16-4-6/h1-2,6H,3-4H2,(H2,10,13). The van der Waals surface area contributed by atoms with Gasteiger partial charge in [-0.2, -0.15) is 5.10 Å². The Morgan fingerprint density at radius 1 is 1.44 bits per heavy atom. The third kappa shape index (κ3) is 1.44. The minimum Gasteiger partial charge on any atom is -0.380 e. The van der Waals surface area contributed by atoms with Crippen molar-refractivity contribution in [3.63, 3.8) is 0 Å². The summed E-state index contributed by atoms with van der Waals surface area (Å²) in [4.78, 5) is 1.36. The molecule has 7 nitrogen and oxygen atoms in total. The van der Waals surface area contributed by atoms with Crippen LogP contribution in [0.4, 0.5) is 5.82 Å². The van der Waals surface area contributed by atoms with Gasteiger partial charge in [0.15, 0.2) is 11.0 Å². The maximum atomic E-state index is 5.72. The fourth-order valence-electron chi connectivity index (χ4n) is 1.42. The topological polar surface area (TPSA) is 83.8 Å². The van der Waals surface area contributed by atoms with Gasteiger partial charge in [0.25, 0.3) is 0 Å². The molecular formula is C8H9ClN6O. The van der Waals surface area contributed by atoms with Gasteiger partial charge in [-0.3, -0.25) is 4.68 Å². The predicted molar refractivity (Wildman–Crippen MR) is 56.4 cm³/mol. The Hall–Kier alpha value is -1.60. The van der Waals surface area contributed by atoms with E-state index < -0.39 is 0 Å². The summed E-state index contributed by atoms with van der Waals surface area (Å²) in [5.41, 5.74) is 6.24. The van der Waals surface area contributed by atoms with E-state index in [0.29, 0.717) is 19.3 Å². The van der Waals surface area contributed by atoms with E-state index in [4.69, 9.17) is 22.1 Å². The van der Waals surface area contributed by atoms with E-state index in [1.807, 2.05) is 10.9 Å². The first-order valence-electron chi connectivity index (χ1n) is 4.74. The van der Waals surface area contributed by atoms with Crippen LogP contribution >= 0.6 is 11.6 Å². The highest BCUT2D eigenvalue weighted by Gasteiger charge is 2.21. The maximum absolute atomic E-state index is 5.72. The lowest BCUT2D eigenvalue weighted by atomic mass is 10.3. The molecule has 0 radical (unpaired) electrons. The summed E-state index contributed by atoms with van der Waals surface area (Å²) >= 11 is 5.72. The average molecular weight is 241 g/mol. The number of halogens is 1. The third-order valence-corrected chi connectivity index (χ3v) is 2.68. The second-order valence-corrected chi connectivity index (χ2v) is 3.89. The van der Waals surface area contributed by atoms with Crippen LogP contribution in [0.1, 0.15) is 6.04 Å². The fourth-order valence-corrected chi connectivity index (χ4v) is 1.53. The highest BCUT2D eigenvalue weighted by atomic mass is 35.5. The number of nitrogens with two attached hydrogens (primary N) is 1. The zero-order valence-electron chi connectivity index (χ0n) is 8.25. The van der Waals surface area contributed by atoms with Gasteiger partial charge in [0.1, 0.15) is 5.69 Å². The number of aromatic nitrogens is 5. The highest BCUT2D eigenvalue weighted by molar-refractivity contribution is 6.31. The van der Waals surface area contributed by atoms with Crippen LogP contribution < -0.4 is 5.73 Å². The van der Waals surface area contributed by atoms with E-state index in [2.05, 4.69) is 15.3 Å². The maximum Gasteiger partial charge on any atom is 0.195 e. The van der Waals surface area contributed by atoms with Gasteiger partial charge >= 0.3 is 0 Å². The van der Waals surface area contributed by atoms with E-state index >= 15 is 0 Å². The van der Waals surface area contributed by atoms with Crippen LogP contribution in [0.2, 0.25) is 5.15 Å². The molecule has 1 aliphatic rings. The van der Waals surface area contributed by atoms with Gasteiger partial charge in [-0.15, -0.1) is 15.0 Å². The van der Waals surface area contributed by atoms with Crippen LogP contribution in [0, 0.1) is 0 Å². The Balaban J connectivity index is 1.91. The number of anilines is 1. The molecule has 3 rings (SSSR count). The molecule has 2 aromatic rings. The molecule has 2 N–H and O–H groups in total. The lowest BCUT2D eigenvalue weighted by Crippen LogP contribution is -2.30. The summed E-state index contributed by atoms with van der Waals surface area (Å²) in [7, 11) is 0. The van der Waals surface area contributed by atoms with Gasteiger partial charge in [-0.25, -0.2) is 0 Å². The Labute approximate surface area is 95.7 Å². The molecular weight excluding hydrogens is 232 g/mol. The summed E-state index contributed by atoms with van der Waals surface area (Å²) in [6.45, 7) is 1.38. The Morgan fingerprint density at radius 3 is 2.81 bits per heavy atom. The molecule has 0 unspecified atom stereocenters. The molecule has 0 bridgehead atoms. The number of hydrogen-bond donors (Lipinski definition) is 1. The van der Waals surface area contributed by atoms with Crippen molar-refractivity contribution in [3.05, 3.63) is 17.5 Å². The lowest BCUT2D eigenvalue weighted by Gasteiger charge is -2.25. The molecule has 2 aromatic heterocycles. The molecule has 1 aliphatic heterocycles. The van der Waals surface area contributed by atoms with Crippen LogP contribution in [-0.2, 0) is 4.74 Å². The molecule has 1 fully saturated rings. The molecule has 16 heavy (non-hydrogen) atoms. The molecule has 8 heteroatoms. The van der Waals surface area contributed by atoms with Crippen LogP contribution in [0.3, 0.4) is 0 Å². The summed E-state index contributed by atoms with van der Waals surface area (Å²) in [6, 6.07) is 0.303. The fraction of sp³-hybridized carbons (Fsp3) is 0.375. The summed E-state index contributed by atoms with van der Waals surface area (Å²) in [6.07, 6.45) is 3.50. The number of rotatable bonds is 2. The van der Waals surface area contributed by atoms with Gasteiger partial charge in [-0.05, 0) is 0 Å². The van der Waals surface area contributed by atoms with Gasteiger partial charge < -0.3 is 10.5 Å². The molecule has 3 heterocycles. The van der Waals surface area contributed by atoms with Crippen molar-refractivity contribution in [2.75, 3.05) is 18.9 Å². The van der Waals surface area contributed by atoms with E-state index in [0.717, 1.165) is 5.69 Å². The second kappa shape index (κ2) is 3.46. The number of nitrogens with zero attached hydrogens (tertiary/aromatic N) is 5. The molecule has 0 saturated carbocycles. The Bertz CT molecular complexity index is 497. The molecule has 0 atom stereocenters. The first-order chi connectivity index (χ1) is 7.74. The van der Waals surface area contributed by atoms with Crippen LogP contribution in [0.25, 0.3) is 5.69 Å². The molecule has 84 valence electrons. The summed E-state index contributed by atoms with van der Waals surface area (Å²) in [5.74, 6) is 0.210. The normalized spacial score (nSPS) is 16.3. The minimum absolute atomic E-state index is 0.194. The van der Waals surface area contributed by atoms with E-state index in [1.165, 1.54) is 4.80 Å². The van der Waals surface area contributed by atoms with Crippen LogP contribution in [0.15, 0.2) is 12.4 Å². The summed E-state index contributed by atoms with van der Waals surface area (Å²) < 4.78 is 6.91. The first-order valence-corrected chi connectivity index (χ1v) is 5.12. The smallest absolute Gasteiger partial charge is 0.195 e. The quantitative estimate of drug-likeness (QED) is 0.815. The van der Waals surface area contributed by atoms with Gasteiger partial charge in [0.05, 0.1) is 31.6 Å². The van der Waals surface area contributed by atoms with Gasteiger partial charge in [0, 0.05) is 0 Å². The van der Waals surface area contributed by atoms with Crippen molar-refractivity contribution in [2.24, 2.45) is 0 Å². The van der Waals surface area contributed by atoms with E-state index in [1.54, 1.807) is 6.20 Å². The largest absolute Gasteiger partial charge is 0.380 e. The van der Waals surface area contributed by atoms with Crippen molar-refractivity contribution in [3.8, 4) is 5.69 Å². The number of nitrogen functional groups attached to an aromatic ring is 1.